The maximum Gasteiger partial charge on any atom is 0.263 e. The van der Waals surface area contributed by atoms with Crippen LogP contribution in [0.15, 0.2) is 73.1 Å². The van der Waals surface area contributed by atoms with E-state index in [1.165, 1.54) is 5.56 Å². The predicted octanol–water partition coefficient (Wildman–Crippen LogP) is 5.35. The summed E-state index contributed by atoms with van der Waals surface area (Å²) >= 11 is 0. The molecular formula is C47H52N6O6. The van der Waals surface area contributed by atoms with Crippen molar-refractivity contribution in [1.29, 1.82) is 0 Å². The Balaban J connectivity index is 0.778. The van der Waals surface area contributed by atoms with Crippen molar-refractivity contribution in [3.8, 4) is 11.8 Å². The number of benzene rings is 2. The second-order valence-corrected chi connectivity index (χ2v) is 16.0. The van der Waals surface area contributed by atoms with Crippen LogP contribution in [0, 0.1) is 17.8 Å². The zero-order valence-corrected chi connectivity index (χ0v) is 33.5. The molecule has 12 nitrogen and oxygen atoms in total. The van der Waals surface area contributed by atoms with Gasteiger partial charge >= 0.3 is 0 Å². The number of aromatic nitrogens is 1. The van der Waals surface area contributed by atoms with Crippen LogP contribution < -0.4 is 10.6 Å². The van der Waals surface area contributed by atoms with Gasteiger partial charge in [-0.15, -0.1) is 0 Å². The minimum absolute atomic E-state index is 0.0755. The fraction of sp³-hybridized carbons (Fsp3) is 0.426. The summed E-state index contributed by atoms with van der Waals surface area (Å²) in [5.41, 5.74) is 3.87. The molecule has 2 N–H and O–H groups in total. The summed E-state index contributed by atoms with van der Waals surface area (Å²) in [6, 6.07) is 16.0. The number of unbranched alkanes of at least 4 members (excludes halogenated alkanes) is 2. The molecule has 0 saturated carbocycles. The van der Waals surface area contributed by atoms with E-state index < -0.39 is 29.7 Å². The molecule has 0 aliphatic carbocycles. The highest BCUT2D eigenvalue weighted by Gasteiger charge is 2.45. The molecular weight excluding hydrogens is 745 g/mol. The van der Waals surface area contributed by atoms with E-state index in [0.717, 1.165) is 100 Å². The lowest BCUT2D eigenvalue weighted by Crippen LogP contribution is -2.54. The maximum atomic E-state index is 13.3. The zero-order chi connectivity index (χ0) is 41.1. The number of likely N-dealkylation sites (tertiary alicyclic amines) is 2. The Morgan fingerprint density at radius 2 is 1.66 bits per heavy atom. The number of piperidine rings is 3. The Bertz CT molecular complexity index is 2120. The van der Waals surface area contributed by atoms with Gasteiger partial charge in [0.15, 0.2) is 0 Å². The minimum atomic E-state index is -1.00. The van der Waals surface area contributed by atoms with Crippen molar-refractivity contribution < 1.29 is 28.8 Å². The summed E-state index contributed by atoms with van der Waals surface area (Å²) in [4.78, 5) is 85.4. The first-order chi connectivity index (χ1) is 28.7. The Labute approximate surface area is 345 Å². The zero-order valence-electron chi connectivity index (χ0n) is 33.5. The Morgan fingerprint density at radius 3 is 2.41 bits per heavy atom. The van der Waals surface area contributed by atoms with Crippen LogP contribution in [0.4, 0.5) is 0 Å². The molecule has 0 radical (unpaired) electrons. The summed E-state index contributed by atoms with van der Waals surface area (Å²) < 4.78 is 0. The van der Waals surface area contributed by atoms with Gasteiger partial charge in [-0.1, -0.05) is 48.9 Å². The van der Waals surface area contributed by atoms with Gasteiger partial charge in [-0.2, -0.15) is 0 Å². The highest BCUT2D eigenvalue weighted by atomic mass is 16.2. The molecule has 4 aliphatic rings. The number of hydrogen-bond acceptors (Lipinski definition) is 8. The third-order valence-corrected chi connectivity index (χ3v) is 12.0. The molecule has 6 amide bonds. The van der Waals surface area contributed by atoms with Crippen molar-refractivity contribution in [2.24, 2.45) is 5.92 Å². The number of amides is 6. The number of imide groups is 2. The minimum Gasteiger partial charge on any atom is -0.353 e. The second-order valence-electron chi connectivity index (χ2n) is 16.0. The lowest BCUT2D eigenvalue weighted by Gasteiger charge is -2.33. The molecule has 5 heterocycles. The van der Waals surface area contributed by atoms with Crippen LogP contribution in [-0.2, 0) is 14.4 Å². The van der Waals surface area contributed by atoms with Crippen LogP contribution in [0.1, 0.15) is 124 Å². The fourth-order valence-corrected chi connectivity index (χ4v) is 8.64. The highest BCUT2D eigenvalue weighted by molar-refractivity contribution is 6.24. The molecule has 3 aromatic rings. The molecule has 59 heavy (non-hydrogen) atoms. The largest absolute Gasteiger partial charge is 0.353 e. The van der Waals surface area contributed by atoms with Gasteiger partial charge in [0.25, 0.3) is 17.7 Å². The van der Waals surface area contributed by atoms with Crippen LogP contribution in [0.3, 0.4) is 0 Å². The Kier molecular flexibility index (Phi) is 13.8. The highest BCUT2D eigenvalue weighted by Crippen LogP contribution is 2.31. The molecule has 0 spiro atoms. The number of carbonyl (C=O) groups excluding carboxylic acids is 6. The molecule has 1 aromatic heterocycles. The molecule has 4 aliphatic heterocycles. The van der Waals surface area contributed by atoms with E-state index in [0.29, 0.717) is 30.4 Å². The molecule has 2 aromatic carbocycles. The average Bonchev–Trinajstić information content (AvgIpc) is 3.52. The van der Waals surface area contributed by atoms with Crippen LogP contribution in [0.25, 0.3) is 6.08 Å². The van der Waals surface area contributed by atoms with Crippen molar-refractivity contribution in [2.45, 2.75) is 82.6 Å². The molecule has 0 bridgehead atoms. The van der Waals surface area contributed by atoms with E-state index in [1.807, 2.05) is 29.2 Å². The summed E-state index contributed by atoms with van der Waals surface area (Å²) in [5, 5.41) is 5.18. The molecule has 12 heteroatoms. The topological polar surface area (TPSA) is 149 Å². The molecule has 306 valence electrons. The molecule has 1 unspecified atom stereocenters. The third-order valence-electron chi connectivity index (χ3n) is 12.0. The van der Waals surface area contributed by atoms with Crippen molar-refractivity contribution >= 4 is 41.5 Å². The summed E-state index contributed by atoms with van der Waals surface area (Å²) in [5.74, 6) is 5.27. The van der Waals surface area contributed by atoms with Gasteiger partial charge in [-0.3, -0.25) is 44.0 Å². The van der Waals surface area contributed by atoms with Crippen molar-refractivity contribution in [3.63, 3.8) is 0 Å². The first-order valence-corrected chi connectivity index (χ1v) is 21.1. The smallest absolute Gasteiger partial charge is 0.263 e. The monoisotopic (exact) mass is 796 g/mol. The normalized spacial score (nSPS) is 19.1. The number of carbonyl (C=O) groups is 6. The van der Waals surface area contributed by atoms with Crippen LogP contribution in [0.5, 0.6) is 0 Å². The van der Waals surface area contributed by atoms with Crippen molar-refractivity contribution in [1.82, 2.24) is 30.3 Å². The fourth-order valence-electron chi connectivity index (χ4n) is 8.64. The van der Waals surface area contributed by atoms with Crippen LogP contribution in [0.2, 0.25) is 0 Å². The summed E-state index contributed by atoms with van der Waals surface area (Å²) in [7, 11) is 0. The van der Waals surface area contributed by atoms with Gasteiger partial charge in [0.2, 0.25) is 17.7 Å². The summed E-state index contributed by atoms with van der Waals surface area (Å²) in [6.07, 6.45) is 15.7. The third kappa shape index (κ3) is 10.4. The quantitative estimate of drug-likeness (QED) is 0.102. The van der Waals surface area contributed by atoms with Crippen molar-refractivity contribution in [3.05, 3.63) is 106 Å². The second kappa shape index (κ2) is 19.7. The predicted molar refractivity (Wildman–Crippen MR) is 223 cm³/mol. The number of nitrogens with zero attached hydrogens (tertiary/aromatic N) is 4. The first-order valence-electron chi connectivity index (χ1n) is 21.1. The summed E-state index contributed by atoms with van der Waals surface area (Å²) in [6.45, 7) is 5.13. The van der Waals surface area contributed by atoms with E-state index in [1.54, 1.807) is 42.7 Å². The van der Waals surface area contributed by atoms with Gasteiger partial charge in [0.05, 0.1) is 11.1 Å². The van der Waals surface area contributed by atoms with Gasteiger partial charge in [-0.25, -0.2) is 0 Å². The first kappa shape index (κ1) is 41.2. The van der Waals surface area contributed by atoms with Gasteiger partial charge in [0.1, 0.15) is 6.04 Å². The number of rotatable bonds is 13. The molecule has 1 atom stereocenters. The molecule has 7 rings (SSSR count). The molecule has 3 saturated heterocycles. The number of fused-ring (bicyclic) bond motifs is 1. The van der Waals surface area contributed by atoms with E-state index in [9.17, 15) is 28.8 Å². The van der Waals surface area contributed by atoms with Gasteiger partial charge < -0.3 is 15.1 Å². The maximum absolute atomic E-state index is 13.3. The van der Waals surface area contributed by atoms with E-state index in [-0.39, 0.29) is 35.8 Å². The SMILES string of the molecule is O=C(/C=C/c1cccnc1)NCCCCC1CCN(C(=O)c2ccc(C3CCN(CCCC#Cc4cccc5c4C(=O)N(C4CCC(=O)NC4=O)C5=O)CC3)cc2)CC1. The van der Waals surface area contributed by atoms with Crippen LogP contribution in [-0.4, -0.2) is 100 Å². The number of pyridine rings is 1. The lowest BCUT2D eigenvalue weighted by atomic mass is 9.88. The van der Waals surface area contributed by atoms with E-state index >= 15 is 0 Å². The van der Waals surface area contributed by atoms with Gasteiger partial charge in [0, 0.05) is 62.1 Å². The van der Waals surface area contributed by atoms with Gasteiger partial charge in [-0.05, 0) is 124 Å². The number of hydrogen-bond donors (Lipinski definition) is 2. The lowest BCUT2D eigenvalue weighted by molar-refractivity contribution is -0.136. The van der Waals surface area contributed by atoms with Crippen LogP contribution >= 0.6 is 0 Å². The molecule has 3 fully saturated rings. The Hall–Kier alpha value is -5.93. The average molecular weight is 797 g/mol. The van der Waals surface area contributed by atoms with E-state index in [2.05, 4.69) is 44.5 Å². The Morgan fingerprint density at radius 1 is 0.864 bits per heavy atom. The standard InChI is InChI=1S/C47H52N6O6/c54-41(19-13-34-9-7-25-48-32-34)49-26-4-3-8-33-21-30-52(31-22-33)45(57)38-16-14-35(15-17-38)36-23-28-51(29-24-36)27-5-1-2-10-37-11-6-12-39-43(37)47(59)53(46(39)58)40-18-20-42(55)50-44(40)56/h6-7,9,11-17,19,25,32-33,36,40H,1,3-5,8,18,20-24,26-31H2,(H,49,54)(H,50,55,56)/b19-13+. The van der Waals surface area contributed by atoms with Crippen molar-refractivity contribution in [2.75, 3.05) is 39.3 Å². The van der Waals surface area contributed by atoms with E-state index in [4.69, 9.17) is 0 Å². The number of nitrogens with one attached hydrogen (secondary N) is 2.